The first-order valence-electron chi connectivity index (χ1n) is 17.1. The van der Waals surface area contributed by atoms with Gasteiger partial charge in [0.05, 0.1) is 0 Å². The third kappa shape index (κ3) is 8.00. The van der Waals surface area contributed by atoms with Gasteiger partial charge < -0.3 is 4.98 Å². The minimum Gasteiger partial charge on any atom is 0 e. The molecule has 8 rings (SSSR count). The second kappa shape index (κ2) is 16.0. The van der Waals surface area contributed by atoms with Crippen molar-refractivity contribution in [3.05, 3.63) is 175 Å². The van der Waals surface area contributed by atoms with Crippen LogP contribution < -0.4 is 4.40 Å². The van der Waals surface area contributed by atoms with Crippen LogP contribution in [0.3, 0.4) is 0 Å². The summed E-state index contributed by atoms with van der Waals surface area (Å²) in [5, 5.41) is 2.58. The van der Waals surface area contributed by atoms with Gasteiger partial charge >= 0.3 is 106 Å². The Kier molecular flexibility index (Phi) is 11.5. The first-order valence-corrected chi connectivity index (χ1v) is 25.3. The Balaban J connectivity index is 0.000000211. The van der Waals surface area contributed by atoms with E-state index in [4.69, 9.17) is 4.98 Å². The second-order valence-corrected chi connectivity index (χ2v) is 25.4. The molecule has 3 heterocycles. The van der Waals surface area contributed by atoms with Crippen molar-refractivity contribution in [1.29, 1.82) is 0 Å². The summed E-state index contributed by atoms with van der Waals surface area (Å²) < 4.78 is 4.03. The van der Waals surface area contributed by atoms with Crippen molar-refractivity contribution in [3.63, 3.8) is 0 Å². The maximum absolute atomic E-state index is 4.76. The fourth-order valence-corrected chi connectivity index (χ4v) is 11.5. The van der Waals surface area contributed by atoms with E-state index in [-0.39, 0.29) is 20.1 Å². The number of aryl methyl sites for hydroxylation is 1. The van der Waals surface area contributed by atoms with Gasteiger partial charge in [-0.15, -0.1) is 23.8 Å². The molecule has 0 aliphatic rings. The van der Waals surface area contributed by atoms with Crippen LogP contribution in [0.1, 0.15) is 29.5 Å². The number of hydrogen-bond donors (Lipinski definition) is 0. The summed E-state index contributed by atoms with van der Waals surface area (Å²) in [5.41, 5.74) is 10.6. The zero-order valence-corrected chi connectivity index (χ0v) is 34.9. The van der Waals surface area contributed by atoms with Crippen LogP contribution in [-0.2, 0) is 20.1 Å². The van der Waals surface area contributed by atoms with E-state index in [1.807, 2.05) is 41.8 Å². The van der Waals surface area contributed by atoms with Crippen LogP contribution in [0.5, 0.6) is 0 Å². The Morgan fingerprint density at radius 3 is 2.14 bits per heavy atom. The molecular weight excluding hydrogens is 877 g/mol. The van der Waals surface area contributed by atoms with Crippen molar-refractivity contribution < 1.29 is 20.1 Å². The summed E-state index contributed by atoms with van der Waals surface area (Å²) in [6.07, 6.45) is 4.00. The zero-order valence-electron chi connectivity index (χ0n) is 29.6. The predicted octanol–water partition coefficient (Wildman–Crippen LogP) is 12.1. The van der Waals surface area contributed by atoms with Crippen LogP contribution in [-0.4, -0.2) is 23.2 Å². The monoisotopic (exact) mass is 919 g/mol. The molecule has 0 aliphatic heterocycles. The molecule has 0 saturated heterocycles. The van der Waals surface area contributed by atoms with Gasteiger partial charge in [-0.05, 0) is 50.2 Å². The molecular formula is C46H40GeIrN2S-2. The van der Waals surface area contributed by atoms with Gasteiger partial charge in [0.1, 0.15) is 0 Å². The van der Waals surface area contributed by atoms with E-state index >= 15 is 0 Å². The summed E-state index contributed by atoms with van der Waals surface area (Å²) in [6, 6.07) is 53.4. The van der Waals surface area contributed by atoms with Crippen molar-refractivity contribution in [2.24, 2.45) is 0 Å². The first-order chi connectivity index (χ1) is 24.3. The largest absolute Gasteiger partial charge is 0 e. The van der Waals surface area contributed by atoms with Crippen LogP contribution in [0.4, 0.5) is 0 Å². The molecule has 0 bridgehead atoms. The van der Waals surface area contributed by atoms with Crippen molar-refractivity contribution in [3.8, 4) is 33.6 Å². The van der Waals surface area contributed by atoms with Crippen molar-refractivity contribution in [1.82, 2.24) is 9.97 Å². The molecule has 0 N–H and O–H groups in total. The van der Waals surface area contributed by atoms with Gasteiger partial charge in [-0.2, -0.15) is 11.3 Å². The van der Waals surface area contributed by atoms with Crippen molar-refractivity contribution >= 4 is 49.2 Å². The summed E-state index contributed by atoms with van der Waals surface area (Å²) >= 11 is 0.0587. The van der Waals surface area contributed by atoms with Gasteiger partial charge in [0.25, 0.3) is 0 Å². The number of pyridine rings is 2. The predicted molar refractivity (Wildman–Crippen MR) is 217 cm³/mol. The van der Waals surface area contributed by atoms with Crippen LogP contribution in [0, 0.1) is 19.1 Å². The smallest absolute Gasteiger partial charge is 0 e. The van der Waals surface area contributed by atoms with E-state index in [0.717, 1.165) is 22.5 Å². The minimum atomic E-state index is -1.77. The Hall–Kier alpha value is -4.19. The Labute approximate surface area is 322 Å². The summed E-state index contributed by atoms with van der Waals surface area (Å²) in [4.78, 5) is 9.35. The Morgan fingerprint density at radius 2 is 1.43 bits per heavy atom. The molecule has 5 aromatic carbocycles. The molecule has 1 atom stereocenters. The van der Waals surface area contributed by atoms with Crippen molar-refractivity contribution in [2.75, 3.05) is 0 Å². The third-order valence-electron chi connectivity index (χ3n) is 9.29. The fourth-order valence-electron chi connectivity index (χ4n) is 6.67. The van der Waals surface area contributed by atoms with E-state index in [9.17, 15) is 0 Å². The summed E-state index contributed by atoms with van der Waals surface area (Å²) in [5.74, 6) is 7.51. The molecule has 8 aromatic rings. The number of rotatable bonds is 6. The zero-order chi connectivity index (χ0) is 34.7. The molecule has 1 radical (unpaired) electrons. The average molecular weight is 918 g/mol. The standard InChI is InChI=1S/C31H22NS.C15H18GeN.Ir/c1-21(22-10-4-2-5-11-22)24-18-19-32-28(20-24)26-15-8-16-27-30-25(23-12-6-3-7-13-23)14-9-17-29(30)33-31(26)27;1-12-10-15(13-8-6-5-7-9-13)17-11-14(12)16(2,3)4;/h2-14,16-21H,1H3;5-8,10-11H,1-4H3;/q2*-1;. The van der Waals surface area contributed by atoms with E-state index in [2.05, 4.69) is 164 Å². The van der Waals surface area contributed by atoms with E-state index in [1.54, 1.807) is 0 Å². The van der Waals surface area contributed by atoms with Gasteiger partial charge in [-0.3, -0.25) is 0 Å². The van der Waals surface area contributed by atoms with Crippen LogP contribution >= 0.6 is 11.3 Å². The maximum Gasteiger partial charge on any atom is 0 e. The van der Waals surface area contributed by atoms with Crippen LogP contribution in [0.25, 0.3) is 53.8 Å². The quantitative estimate of drug-likeness (QED) is 0.123. The number of benzene rings is 5. The molecule has 3 aromatic heterocycles. The number of thiophene rings is 1. The Bertz CT molecular complexity index is 2380. The number of fused-ring (bicyclic) bond motifs is 3. The number of aromatic nitrogens is 2. The van der Waals surface area contributed by atoms with Crippen LogP contribution in [0.15, 0.2) is 146 Å². The number of nitrogens with zero attached hydrogens (tertiary/aromatic N) is 2. The van der Waals surface area contributed by atoms with Crippen LogP contribution in [0.2, 0.25) is 17.3 Å². The van der Waals surface area contributed by atoms with Gasteiger partial charge in [-0.25, -0.2) is 0 Å². The van der Waals surface area contributed by atoms with Gasteiger partial charge in [0.15, 0.2) is 0 Å². The molecule has 51 heavy (non-hydrogen) atoms. The molecule has 0 aliphatic carbocycles. The molecule has 255 valence electrons. The average Bonchev–Trinajstić information content (AvgIpc) is 3.55. The molecule has 5 heteroatoms. The normalized spacial score (nSPS) is 11.8. The Morgan fingerprint density at radius 1 is 0.686 bits per heavy atom. The molecule has 0 spiro atoms. The topological polar surface area (TPSA) is 25.8 Å². The molecule has 0 amide bonds. The summed E-state index contributed by atoms with van der Waals surface area (Å²) in [6.45, 7) is 4.45. The summed E-state index contributed by atoms with van der Waals surface area (Å²) in [7, 11) is 0. The SMILES string of the molecule is CC(c1ccccc1)c1ccnc(-c2[c-]ccc3c2sc2cccc(-c4ccccc4)c23)c1.Cc1cc(-c2[c-]cccc2)nc[c]1[Ge]([CH3])([CH3])[CH3].[Ir]. The second-order valence-electron chi connectivity index (χ2n) is 13.8. The van der Waals surface area contributed by atoms with Gasteiger partial charge in [0.2, 0.25) is 0 Å². The maximum atomic E-state index is 4.76. The minimum absolute atomic E-state index is 0. The van der Waals surface area contributed by atoms with Crippen molar-refractivity contribution in [2.45, 2.75) is 37.0 Å². The molecule has 1 unspecified atom stereocenters. The van der Waals surface area contributed by atoms with E-state index in [0.29, 0.717) is 5.92 Å². The van der Waals surface area contributed by atoms with E-state index < -0.39 is 13.3 Å². The first kappa shape index (κ1) is 36.6. The molecule has 0 saturated carbocycles. The third-order valence-corrected chi connectivity index (χ3v) is 15.0. The number of hydrogen-bond acceptors (Lipinski definition) is 3. The van der Waals surface area contributed by atoms with Gasteiger partial charge in [0, 0.05) is 36.9 Å². The molecule has 0 fully saturated rings. The van der Waals surface area contributed by atoms with Gasteiger partial charge in [-0.1, -0.05) is 91.2 Å². The van der Waals surface area contributed by atoms with E-state index in [1.165, 1.54) is 52.4 Å². The molecule has 2 nitrogen and oxygen atoms in total. The fraction of sp³-hybridized carbons (Fsp3) is 0.130.